The fourth-order valence-corrected chi connectivity index (χ4v) is 4.79. The summed E-state index contributed by atoms with van der Waals surface area (Å²) < 4.78 is 30.9. The standard InChI is InChI=1S/C16H22N2O4S/c1-12-10-17(11-13(2)22-12)16(19)14-4-6-15(7-5-14)18-8-3-9-23(18,20)21/h4-7,12-13H,3,8-11H2,1-2H3. The monoisotopic (exact) mass is 338 g/mol. The van der Waals surface area contributed by atoms with Gasteiger partial charge >= 0.3 is 0 Å². The van der Waals surface area contributed by atoms with Crippen LogP contribution >= 0.6 is 0 Å². The summed E-state index contributed by atoms with van der Waals surface area (Å²) in [6.07, 6.45) is 0.695. The van der Waals surface area contributed by atoms with Crippen LogP contribution in [0, 0.1) is 0 Å². The Morgan fingerprint density at radius 3 is 2.26 bits per heavy atom. The largest absolute Gasteiger partial charge is 0.372 e. The second-order valence-electron chi connectivity index (χ2n) is 6.26. The predicted octanol–water partition coefficient (Wildman–Crippen LogP) is 1.48. The molecule has 1 aromatic carbocycles. The molecule has 126 valence electrons. The second kappa shape index (κ2) is 6.13. The van der Waals surface area contributed by atoms with E-state index in [4.69, 9.17) is 4.74 Å². The molecule has 0 aliphatic carbocycles. The normalized spacial score (nSPS) is 27.2. The molecule has 2 unspecified atom stereocenters. The van der Waals surface area contributed by atoms with Crippen molar-refractivity contribution in [3.05, 3.63) is 29.8 Å². The van der Waals surface area contributed by atoms with Crippen molar-refractivity contribution in [1.82, 2.24) is 4.90 Å². The molecule has 2 atom stereocenters. The number of amides is 1. The molecule has 0 N–H and O–H groups in total. The van der Waals surface area contributed by atoms with Crippen LogP contribution < -0.4 is 4.31 Å². The first-order valence-corrected chi connectivity index (χ1v) is 9.53. The number of ether oxygens (including phenoxy) is 1. The summed E-state index contributed by atoms with van der Waals surface area (Å²) in [5.41, 5.74) is 1.20. The van der Waals surface area contributed by atoms with E-state index < -0.39 is 10.0 Å². The lowest BCUT2D eigenvalue weighted by Gasteiger charge is -2.35. The van der Waals surface area contributed by atoms with Gasteiger partial charge in [0.25, 0.3) is 5.91 Å². The average molecular weight is 338 g/mol. The van der Waals surface area contributed by atoms with Crippen molar-refractivity contribution in [2.45, 2.75) is 32.5 Å². The Morgan fingerprint density at radius 1 is 1.13 bits per heavy atom. The molecule has 23 heavy (non-hydrogen) atoms. The van der Waals surface area contributed by atoms with Gasteiger partial charge in [-0.1, -0.05) is 0 Å². The van der Waals surface area contributed by atoms with Crippen LogP contribution in [0.2, 0.25) is 0 Å². The van der Waals surface area contributed by atoms with Gasteiger partial charge in [0.2, 0.25) is 10.0 Å². The molecule has 2 aliphatic heterocycles. The molecule has 0 spiro atoms. The highest BCUT2D eigenvalue weighted by molar-refractivity contribution is 7.93. The topological polar surface area (TPSA) is 66.9 Å². The summed E-state index contributed by atoms with van der Waals surface area (Å²) in [6.45, 7) is 5.57. The number of rotatable bonds is 2. The first-order chi connectivity index (χ1) is 10.9. The van der Waals surface area contributed by atoms with Gasteiger partial charge < -0.3 is 9.64 Å². The average Bonchev–Trinajstić information content (AvgIpc) is 2.85. The zero-order valence-electron chi connectivity index (χ0n) is 13.4. The molecule has 1 aromatic rings. The van der Waals surface area contributed by atoms with Crippen LogP contribution in [0.4, 0.5) is 5.69 Å². The molecule has 2 fully saturated rings. The lowest BCUT2D eigenvalue weighted by Crippen LogP contribution is -2.48. The fourth-order valence-electron chi connectivity index (χ4n) is 3.23. The first-order valence-electron chi connectivity index (χ1n) is 7.92. The van der Waals surface area contributed by atoms with E-state index in [9.17, 15) is 13.2 Å². The number of benzene rings is 1. The Bertz CT molecular complexity index is 677. The van der Waals surface area contributed by atoms with E-state index in [1.807, 2.05) is 13.8 Å². The number of carbonyl (C=O) groups is 1. The minimum atomic E-state index is -3.19. The highest BCUT2D eigenvalue weighted by Gasteiger charge is 2.29. The van der Waals surface area contributed by atoms with Crippen molar-refractivity contribution in [1.29, 1.82) is 0 Å². The van der Waals surface area contributed by atoms with E-state index in [2.05, 4.69) is 0 Å². The Morgan fingerprint density at radius 2 is 1.74 bits per heavy atom. The molecule has 7 heteroatoms. The molecule has 0 radical (unpaired) electrons. The van der Waals surface area contributed by atoms with Gasteiger partial charge in [0.1, 0.15) is 0 Å². The number of nitrogens with zero attached hydrogens (tertiary/aromatic N) is 2. The zero-order valence-corrected chi connectivity index (χ0v) is 14.3. The van der Waals surface area contributed by atoms with Crippen LogP contribution in [0.3, 0.4) is 0 Å². The van der Waals surface area contributed by atoms with Gasteiger partial charge in [-0.3, -0.25) is 9.10 Å². The summed E-state index contributed by atoms with van der Waals surface area (Å²) in [5, 5.41) is 0. The van der Waals surface area contributed by atoms with Crippen LogP contribution in [0.25, 0.3) is 0 Å². The van der Waals surface area contributed by atoms with Crippen molar-refractivity contribution in [2.24, 2.45) is 0 Å². The molecule has 2 heterocycles. The molecule has 0 bridgehead atoms. The van der Waals surface area contributed by atoms with Crippen molar-refractivity contribution < 1.29 is 17.9 Å². The molecule has 6 nitrogen and oxygen atoms in total. The van der Waals surface area contributed by atoms with E-state index in [0.29, 0.717) is 37.3 Å². The summed E-state index contributed by atoms with van der Waals surface area (Å²) in [6, 6.07) is 6.83. The maximum absolute atomic E-state index is 12.6. The summed E-state index contributed by atoms with van der Waals surface area (Å²) in [7, 11) is -3.19. The van der Waals surface area contributed by atoms with E-state index in [1.54, 1.807) is 29.2 Å². The number of anilines is 1. The number of hydrogen-bond donors (Lipinski definition) is 0. The Kier molecular flexibility index (Phi) is 4.33. The Balaban J connectivity index is 1.75. The number of carbonyl (C=O) groups excluding carboxylic acids is 1. The lowest BCUT2D eigenvalue weighted by molar-refractivity contribution is -0.0586. The van der Waals surface area contributed by atoms with Gasteiger partial charge in [-0.05, 0) is 44.5 Å². The Labute approximate surface area is 137 Å². The van der Waals surface area contributed by atoms with E-state index in [1.165, 1.54) is 4.31 Å². The highest BCUT2D eigenvalue weighted by Crippen LogP contribution is 2.24. The zero-order chi connectivity index (χ0) is 16.6. The van der Waals surface area contributed by atoms with Gasteiger partial charge in [-0.2, -0.15) is 0 Å². The van der Waals surface area contributed by atoms with Gasteiger partial charge in [0, 0.05) is 25.2 Å². The lowest BCUT2D eigenvalue weighted by atomic mass is 10.1. The smallest absolute Gasteiger partial charge is 0.254 e. The first kappa shape index (κ1) is 16.3. The minimum Gasteiger partial charge on any atom is -0.372 e. The van der Waals surface area contributed by atoms with E-state index in [0.717, 1.165) is 0 Å². The van der Waals surface area contributed by atoms with Crippen molar-refractivity contribution in [3.63, 3.8) is 0 Å². The van der Waals surface area contributed by atoms with Gasteiger partial charge in [-0.15, -0.1) is 0 Å². The van der Waals surface area contributed by atoms with Crippen LogP contribution in [0.15, 0.2) is 24.3 Å². The maximum atomic E-state index is 12.6. The van der Waals surface area contributed by atoms with Crippen LogP contribution in [-0.4, -0.2) is 56.8 Å². The third-order valence-corrected chi connectivity index (χ3v) is 6.08. The summed E-state index contributed by atoms with van der Waals surface area (Å²) >= 11 is 0. The van der Waals surface area contributed by atoms with Gasteiger partial charge in [0.15, 0.2) is 0 Å². The van der Waals surface area contributed by atoms with Crippen molar-refractivity contribution in [2.75, 3.05) is 29.7 Å². The molecule has 0 aromatic heterocycles. The molecule has 3 rings (SSSR count). The third-order valence-electron chi connectivity index (χ3n) is 4.21. The fraction of sp³-hybridized carbons (Fsp3) is 0.562. The minimum absolute atomic E-state index is 0.0247. The molecule has 0 saturated carbocycles. The van der Waals surface area contributed by atoms with Gasteiger partial charge in [0.05, 0.1) is 23.6 Å². The molecule has 1 amide bonds. The quantitative estimate of drug-likeness (QED) is 0.819. The van der Waals surface area contributed by atoms with Crippen molar-refractivity contribution >= 4 is 21.6 Å². The van der Waals surface area contributed by atoms with Crippen LogP contribution in [0.1, 0.15) is 30.6 Å². The summed E-state index contributed by atoms with van der Waals surface area (Å²) in [5.74, 6) is 0.153. The Hall–Kier alpha value is -1.60. The van der Waals surface area contributed by atoms with Gasteiger partial charge in [-0.25, -0.2) is 8.42 Å². The number of morpholine rings is 1. The second-order valence-corrected chi connectivity index (χ2v) is 8.27. The maximum Gasteiger partial charge on any atom is 0.254 e. The molecular formula is C16H22N2O4S. The number of sulfonamides is 1. The molecule has 2 saturated heterocycles. The van der Waals surface area contributed by atoms with Crippen LogP contribution in [-0.2, 0) is 14.8 Å². The third kappa shape index (κ3) is 3.35. The SMILES string of the molecule is CC1CN(C(=O)c2ccc(N3CCCS3(=O)=O)cc2)CC(C)O1. The molecular weight excluding hydrogens is 316 g/mol. The highest BCUT2D eigenvalue weighted by atomic mass is 32.2. The van der Waals surface area contributed by atoms with Crippen LogP contribution in [0.5, 0.6) is 0 Å². The predicted molar refractivity (Wildman–Crippen MR) is 88.1 cm³/mol. The molecule has 2 aliphatic rings. The number of hydrogen-bond acceptors (Lipinski definition) is 4. The van der Waals surface area contributed by atoms with E-state index in [-0.39, 0.29) is 23.9 Å². The van der Waals surface area contributed by atoms with Crippen molar-refractivity contribution in [3.8, 4) is 0 Å². The summed E-state index contributed by atoms with van der Waals surface area (Å²) in [4.78, 5) is 14.4. The van der Waals surface area contributed by atoms with E-state index >= 15 is 0 Å².